The average Bonchev–Trinajstić information content (AvgIpc) is 3.42. The first-order valence-electron chi connectivity index (χ1n) is 13.7. The molecule has 3 fully saturated rings. The zero-order valence-corrected chi connectivity index (χ0v) is 21.7. The predicted octanol–water partition coefficient (Wildman–Crippen LogP) is 3.01. The van der Waals surface area contributed by atoms with Crippen molar-refractivity contribution in [2.24, 2.45) is 5.92 Å². The van der Waals surface area contributed by atoms with Crippen molar-refractivity contribution in [2.75, 3.05) is 19.6 Å². The molecule has 0 unspecified atom stereocenters. The van der Waals surface area contributed by atoms with Crippen LogP contribution in [0.25, 0.3) is 0 Å². The van der Waals surface area contributed by atoms with Crippen molar-refractivity contribution >= 4 is 11.8 Å². The van der Waals surface area contributed by atoms with Crippen LogP contribution in [0.1, 0.15) is 72.3 Å². The molecule has 2 aliphatic heterocycles. The van der Waals surface area contributed by atoms with Gasteiger partial charge in [0.25, 0.3) is 5.91 Å². The fourth-order valence-electron chi connectivity index (χ4n) is 6.38. The molecule has 4 aliphatic rings. The van der Waals surface area contributed by atoms with Gasteiger partial charge >= 0.3 is 6.18 Å². The first-order valence-corrected chi connectivity index (χ1v) is 13.7. The van der Waals surface area contributed by atoms with E-state index in [9.17, 15) is 27.9 Å². The Bertz CT molecular complexity index is 1270. The van der Waals surface area contributed by atoms with E-state index in [2.05, 4.69) is 10.1 Å². The molecule has 2 amide bonds. The van der Waals surface area contributed by atoms with Crippen molar-refractivity contribution in [2.45, 2.75) is 82.3 Å². The predicted molar refractivity (Wildman–Crippen MR) is 132 cm³/mol. The number of halogens is 3. The van der Waals surface area contributed by atoms with E-state index in [1.165, 1.54) is 12.3 Å². The lowest BCUT2D eigenvalue weighted by molar-refractivity contribution is -0.140. The Morgan fingerprint density at radius 3 is 2.64 bits per heavy atom. The molecule has 4 atom stereocenters. The molecule has 210 valence electrons. The number of alkyl halides is 3. The van der Waals surface area contributed by atoms with E-state index in [-0.39, 0.29) is 30.5 Å². The van der Waals surface area contributed by atoms with Crippen LogP contribution in [0.2, 0.25) is 0 Å². The maximum atomic E-state index is 13.4. The van der Waals surface area contributed by atoms with E-state index in [0.717, 1.165) is 30.2 Å². The van der Waals surface area contributed by atoms with Crippen molar-refractivity contribution < 1.29 is 32.6 Å². The standard InChI is InChI=1S/C27H32F3N5O4/c1-15-11-18(39-25-20(27(28,29)30)3-2-7-31-25)6-10-34(15)22(37)14-35-21-13-16-12-19(16)23(21)24(32-35)26(38)33-8-4-17(36)5-9-33/h2-3,7,15-19,36H,4-6,8-14H2,1H3/t15-,16-,18+,19-/m0/s1. The number of carbonyl (C=O) groups is 2. The molecule has 2 saturated heterocycles. The number of aliphatic hydroxyl groups excluding tert-OH is 1. The summed E-state index contributed by atoms with van der Waals surface area (Å²) in [4.78, 5) is 34.0. The molecular formula is C27H32F3N5O4. The van der Waals surface area contributed by atoms with E-state index in [1.54, 1.807) is 14.5 Å². The summed E-state index contributed by atoms with van der Waals surface area (Å²) in [5, 5.41) is 14.5. The number of carbonyl (C=O) groups excluding carboxylic acids is 2. The number of fused-ring (bicyclic) bond motifs is 3. The number of aliphatic hydroxyl groups is 1. The van der Waals surface area contributed by atoms with Gasteiger partial charge in [0.15, 0.2) is 5.69 Å². The second kappa shape index (κ2) is 9.79. The van der Waals surface area contributed by atoms with E-state index in [4.69, 9.17) is 4.74 Å². The highest BCUT2D eigenvalue weighted by atomic mass is 19.4. The zero-order chi connectivity index (χ0) is 27.5. The van der Waals surface area contributed by atoms with Gasteiger partial charge in [-0.1, -0.05) is 0 Å². The normalized spacial score (nSPS) is 26.8. The highest BCUT2D eigenvalue weighted by Crippen LogP contribution is 2.57. The second-order valence-corrected chi connectivity index (χ2v) is 11.3. The molecule has 4 heterocycles. The fourth-order valence-corrected chi connectivity index (χ4v) is 6.38. The first-order chi connectivity index (χ1) is 18.6. The summed E-state index contributed by atoms with van der Waals surface area (Å²) < 4.78 is 47.3. The molecule has 0 bridgehead atoms. The Morgan fingerprint density at radius 2 is 1.92 bits per heavy atom. The van der Waals surface area contributed by atoms with Crippen LogP contribution in [-0.4, -0.2) is 79.4 Å². The van der Waals surface area contributed by atoms with Crippen LogP contribution in [0.5, 0.6) is 5.88 Å². The number of pyridine rings is 1. The van der Waals surface area contributed by atoms with Crippen LogP contribution in [0.3, 0.4) is 0 Å². The highest BCUT2D eigenvalue weighted by Gasteiger charge is 2.50. The van der Waals surface area contributed by atoms with Gasteiger partial charge in [-0.25, -0.2) is 4.98 Å². The largest absolute Gasteiger partial charge is 0.474 e. The molecular weight excluding hydrogens is 515 g/mol. The minimum atomic E-state index is -4.56. The summed E-state index contributed by atoms with van der Waals surface area (Å²) in [6.45, 7) is 3.20. The summed E-state index contributed by atoms with van der Waals surface area (Å²) in [6.07, 6.45) is -0.446. The molecule has 0 aromatic carbocycles. The summed E-state index contributed by atoms with van der Waals surface area (Å²) in [5.74, 6) is 0.136. The third kappa shape index (κ3) is 4.99. The lowest BCUT2D eigenvalue weighted by Gasteiger charge is -2.37. The number of hydrogen-bond donors (Lipinski definition) is 1. The van der Waals surface area contributed by atoms with E-state index >= 15 is 0 Å². The topological polar surface area (TPSA) is 101 Å². The summed E-state index contributed by atoms with van der Waals surface area (Å²) in [7, 11) is 0. The van der Waals surface area contributed by atoms with Crippen LogP contribution < -0.4 is 4.74 Å². The third-order valence-corrected chi connectivity index (χ3v) is 8.59. The van der Waals surface area contributed by atoms with Gasteiger partial charge in [-0.2, -0.15) is 18.3 Å². The van der Waals surface area contributed by atoms with E-state index in [1.807, 2.05) is 6.92 Å². The summed E-state index contributed by atoms with van der Waals surface area (Å²) in [6, 6.07) is 1.93. The van der Waals surface area contributed by atoms with Crippen LogP contribution in [0.4, 0.5) is 13.2 Å². The lowest BCUT2D eigenvalue weighted by Crippen LogP contribution is -2.48. The van der Waals surface area contributed by atoms with Crippen molar-refractivity contribution in [1.82, 2.24) is 24.6 Å². The molecule has 1 N–H and O–H groups in total. The van der Waals surface area contributed by atoms with E-state index < -0.39 is 23.7 Å². The number of hydrogen-bond acceptors (Lipinski definition) is 6. The van der Waals surface area contributed by atoms with Gasteiger partial charge in [0, 0.05) is 56.0 Å². The molecule has 39 heavy (non-hydrogen) atoms. The van der Waals surface area contributed by atoms with Gasteiger partial charge in [-0.15, -0.1) is 0 Å². The number of rotatable bonds is 5. The van der Waals surface area contributed by atoms with Gasteiger partial charge in [-0.05, 0) is 56.6 Å². The molecule has 2 aromatic heterocycles. The van der Waals surface area contributed by atoms with Crippen molar-refractivity contribution in [1.29, 1.82) is 0 Å². The Labute approximate surface area is 223 Å². The zero-order valence-electron chi connectivity index (χ0n) is 21.7. The van der Waals surface area contributed by atoms with Gasteiger partial charge in [0.05, 0.1) is 6.10 Å². The second-order valence-electron chi connectivity index (χ2n) is 11.3. The lowest BCUT2D eigenvalue weighted by atomic mass is 10.0. The maximum absolute atomic E-state index is 13.4. The van der Waals surface area contributed by atoms with Crippen LogP contribution >= 0.6 is 0 Å². The number of likely N-dealkylation sites (tertiary alicyclic amines) is 2. The fraction of sp³-hybridized carbons (Fsp3) is 0.630. The minimum Gasteiger partial charge on any atom is -0.474 e. The van der Waals surface area contributed by atoms with Crippen molar-refractivity contribution in [3.05, 3.63) is 40.8 Å². The molecule has 12 heteroatoms. The third-order valence-electron chi connectivity index (χ3n) is 8.59. The Morgan fingerprint density at radius 1 is 1.15 bits per heavy atom. The molecule has 1 saturated carbocycles. The van der Waals surface area contributed by atoms with Gasteiger partial charge in [0.1, 0.15) is 18.2 Å². The maximum Gasteiger partial charge on any atom is 0.421 e. The van der Waals surface area contributed by atoms with Gasteiger partial charge in [0.2, 0.25) is 11.8 Å². The molecule has 9 nitrogen and oxygen atoms in total. The minimum absolute atomic E-state index is 0.0160. The monoisotopic (exact) mass is 547 g/mol. The Hall–Kier alpha value is -3.15. The average molecular weight is 548 g/mol. The van der Waals surface area contributed by atoms with Gasteiger partial charge < -0.3 is 19.6 Å². The van der Waals surface area contributed by atoms with Crippen LogP contribution in [0, 0.1) is 5.92 Å². The van der Waals surface area contributed by atoms with Crippen molar-refractivity contribution in [3.63, 3.8) is 0 Å². The SMILES string of the molecule is C[C@H]1C[C@H](Oc2ncccc2C(F)(F)F)CCN1C(=O)Cn1nc(C(=O)N2CCC(O)CC2)c2c1C[C@@H]1C[C@H]21. The van der Waals surface area contributed by atoms with Crippen LogP contribution in [-0.2, 0) is 23.9 Å². The Balaban J connectivity index is 1.12. The molecule has 0 spiro atoms. The highest BCUT2D eigenvalue weighted by molar-refractivity contribution is 5.95. The van der Waals surface area contributed by atoms with E-state index in [0.29, 0.717) is 62.8 Å². The number of nitrogens with zero attached hydrogens (tertiary/aromatic N) is 5. The number of aromatic nitrogens is 3. The molecule has 0 radical (unpaired) electrons. The first kappa shape index (κ1) is 26.1. The van der Waals surface area contributed by atoms with Crippen LogP contribution in [0.15, 0.2) is 18.3 Å². The smallest absolute Gasteiger partial charge is 0.421 e. The molecule has 2 aliphatic carbocycles. The quantitative estimate of drug-likeness (QED) is 0.618. The summed E-state index contributed by atoms with van der Waals surface area (Å²) in [5.41, 5.74) is 1.48. The molecule has 6 rings (SSSR count). The Kier molecular flexibility index (Phi) is 6.55. The summed E-state index contributed by atoms with van der Waals surface area (Å²) >= 11 is 0. The van der Waals surface area contributed by atoms with Gasteiger partial charge in [-0.3, -0.25) is 14.3 Å². The van der Waals surface area contributed by atoms with Crippen molar-refractivity contribution in [3.8, 4) is 5.88 Å². The number of ether oxygens (including phenoxy) is 1. The number of amides is 2. The number of piperidine rings is 2. The molecule has 2 aromatic rings.